The van der Waals surface area contributed by atoms with Crippen LogP contribution in [0, 0.1) is 13.8 Å². The molecule has 1 amide bonds. The maximum atomic E-state index is 12.7. The van der Waals surface area contributed by atoms with Crippen LogP contribution in [0.15, 0.2) is 47.4 Å². The number of methoxy groups -OCH3 is 2. The van der Waals surface area contributed by atoms with E-state index in [0.717, 1.165) is 16.0 Å². The fourth-order valence-corrected chi connectivity index (χ4v) is 3.74. The highest BCUT2D eigenvalue weighted by Crippen LogP contribution is 2.19. The van der Waals surface area contributed by atoms with Gasteiger partial charge in [0.2, 0.25) is 0 Å². The van der Waals surface area contributed by atoms with Crippen molar-refractivity contribution in [3.63, 3.8) is 0 Å². The summed E-state index contributed by atoms with van der Waals surface area (Å²) in [6.07, 6.45) is 0. The predicted molar refractivity (Wildman–Crippen MR) is 113 cm³/mol. The second-order valence-corrected chi connectivity index (χ2v) is 8.42. The third-order valence-electron chi connectivity index (χ3n) is 4.56. The third-order valence-corrected chi connectivity index (χ3v) is 5.93. The van der Waals surface area contributed by atoms with E-state index in [2.05, 4.69) is 14.2 Å². The van der Waals surface area contributed by atoms with E-state index in [1.165, 1.54) is 44.6 Å². The number of nitrogens with one attached hydrogen (secondary N) is 1. The van der Waals surface area contributed by atoms with Gasteiger partial charge in [0.05, 0.1) is 19.1 Å². The number of benzene rings is 2. The van der Waals surface area contributed by atoms with Crippen LogP contribution < -0.4 is 4.72 Å². The van der Waals surface area contributed by atoms with Gasteiger partial charge in [0.1, 0.15) is 13.1 Å². The standard InChI is InChI=1S/C21H24N2O7S/c1-14-5-10-18(11-15(14)2)31(27,28)22-17-8-6-16(7-9-17)21(26)23(12-19(24)29-3)13-20(25)30-4/h5-11,22H,12-13H2,1-4H3. The Morgan fingerprint density at radius 3 is 1.90 bits per heavy atom. The summed E-state index contributed by atoms with van der Waals surface area (Å²) in [6.45, 7) is 2.83. The zero-order valence-electron chi connectivity index (χ0n) is 17.7. The molecule has 0 bridgehead atoms. The van der Waals surface area contributed by atoms with Gasteiger partial charge in [0, 0.05) is 11.3 Å². The molecule has 0 spiro atoms. The Kier molecular flexibility index (Phi) is 7.76. The minimum Gasteiger partial charge on any atom is -0.468 e. The number of nitrogens with zero attached hydrogens (tertiary/aromatic N) is 1. The Morgan fingerprint density at radius 1 is 0.871 bits per heavy atom. The summed E-state index contributed by atoms with van der Waals surface area (Å²) in [5, 5.41) is 0. The van der Waals surface area contributed by atoms with Gasteiger partial charge in [-0.05, 0) is 61.4 Å². The normalized spacial score (nSPS) is 10.8. The molecule has 0 aliphatic carbocycles. The van der Waals surface area contributed by atoms with Crippen molar-refractivity contribution in [3.05, 3.63) is 59.2 Å². The SMILES string of the molecule is COC(=O)CN(CC(=O)OC)C(=O)c1ccc(NS(=O)(=O)c2ccc(C)c(C)c2)cc1. The van der Waals surface area contributed by atoms with Crippen LogP contribution in [0.3, 0.4) is 0 Å². The number of carbonyl (C=O) groups excluding carboxylic acids is 3. The van der Waals surface area contributed by atoms with Gasteiger partial charge < -0.3 is 14.4 Å². The van der Waals surface area contributed by atoms with Crippen molar-refractivity contribution in [1.29, 1.82) is 0 Å². The lowest BCUT2D eigenvalue weighted by Crippen LogP contribution is -2.40. The first-order valence-electron chi connectivity index (χ1n) is 9.20. The van der Waals surface area contributed by atoms with E-state index in [9.17, 15) is 22.8 Å². The first kappa shape index (κ1) is 23.9. The van der Waals surface area contributed by atoms with Crippen molar-refractivity contribution >= 4 is 33.6 Å². The fourth-order valence-electron chi connectivity index (χ4n) is 2.60. The minimum atomic E-state index is -3.81. The molecule has 0 radical (unpaired) electrons. The van der Waals surface area contributed by atoms with Gasteiger partial charge in [0.15, 0.2) is 0 Å². The summed E-state index contributed by atoms with van der Waals surface area (Å²) in [4.78, 5) is 37.0. The van der Waals surface area contributed by atoms with Crippen LogP contribution in [0.1, 0.15) is 21.5 Å². The zero-order chi connectivity index (χ0) is 23.2. The van der Waals surface area contributed by atoms with Gasteiger partial charge in [-0.15, -0.1) is 0 Å². The van der Waals surface area contributed by atoms with Crippen molar-refractivity contribution in [2.24, 2.45) is 0 Å². The second-order valence-electron chi connectivity index (χ2n) is 6.74. The largest absolute Gasteiger partial charge is 0.468 e. The van der Waals surface area contributed by atoms with Crippen LogP contribution in [0.25, 0.3) is 0 Å². The van der Waals surface area contributed by atoms with Gasteiger partial charge in [-0.2, -0.15) is 0 Å². The number of ether oxygens (including phenoxy) is 2. The number of aryl methyl sites for hydroxylation is 2. The van der Waals surface area contributed by atoms with Crippen molar-refractivity contribution < 1.29 is 32.3 Å². The van der Waals surface area contributed by atoms with Crippen molar-refractivity contribution in [2.75, 3.05) is 32.0 Å². The highest BCUT2D eigenvalue weighted by atomic mass is 32.2. The van der Waals surface area contributed by atoms with Gasteiger partial charge in [-0.3, -0.25) is 19.1 Å². The molecule has 2 aromatic rings. The van der Waals surface area contributed by atoms with Crippen molar-refractivity contribution in [1.82, 2.24) is 4.90 Å². The number of esters is 2. The van der Waals surface area contributed by atoms with Crippen LogP contribution in [-0.2, 0) is 29.1 Å². The summed E-state index contributed by atoms with van der Waals surface area (Å²) in [5.74, 6) is -2.01. The van der Waals surface area contributed by atoms with Crippen molar-refractivity contribution in [3.8, 4) is 0 Å². The van der Waals surface area contributed by atoms with E-state index in [-0.39, 0.29) is 16.1 Å². The van der Waals surface area contributed by atoms with E-state index in [1.54, 1.807) is 12.1 Å². The molecule has 0 saturated carbocycles. The monoisotopic (exact) mass is 448 g/mol. The number of amides is 1. The smallest absolute Gasteiger partial charge is 0.325 e. The van der Waals surface area contributed by atoms with E-state index >= 15 is 0 Å². The number of rotatable bonds is 8. The molecule has 0 aliphatic heterocycles. The molecule has 0 unspecified atom stereocenters. The Bertz CT molecular complexity index is 1060. The maximum Gasteiger partial charge on any atom is 0.325 e. The number of sulfonamides is 1. The molecule has 9 nitrogen and oxygen atoms in total. The molecular formula is C21H24N2O7S. The molecule has 2 aromatic carbocycles. The highest BCUT2D eigenvalue weighted by molar-refractivity contribution is 7.92. The van der Waals surface area contributed by atoms with E-state index in [1.807, 2.05) is 13.8 Å². The van der Waals surface area contributed by atoms with Crippen LogP contribution in [-0.4, -0.2) is 58.5 Å². The zero-order valence-corrected chi connectivity index (χ0v) is 18.5. The topological polar surface area (TPSA) is 119 Å². The van der Waals surface area contributed by atoms with Gasteiger partial charge >= 0.3 is 11.9 Å². The predicted octanol–water partition coefficient (Wildman–Crippen LogP) is 1.89. The molecule has 0 heterocycles. The Balaban J connectivity index is 2.20. The molecular weight excluding hydrogens is 424 g/mol. The third kappa shape index (κ3) is 6.29. The lowest BCUT2D eigenvalue weighted by atomic mass is 10.1. The maximum absolute atomic E-state index is 12.7. The molecule has 166 valence electrons. The summed E-state index contributed by atoms with van der Waals surface area (Å²) in [5.41, 5.74) is 2.23. The van der Waals surface area contributed by atoms with Crippen molar-refractivity contribution in [2.45, 2.75) is 18.7 Å². The average Bonchev–Trinajstić information content (AvgIpc) is 2.74. The van der Waals surface area contributed by atoms with Gasteiger partial charge in [-0.25, -0.2) is 8.42 Å². The molecule has 31 heavy (non-hydrogen) atoms. The molecule has 2 rings (SSSR count). The lowest BCUT2D eigenvalue weighted by Gasteiger charge is -2.20. The molecule has 0 aliphatic rings. The number of anilines is 1. The minimum absolute atomic E-state index is 0.123. The molecule has 0 saturated heterocycles. The number of hydrogen-bond acceptors (Lipinski definition) is 7. The quantitative estimate of drug-likeness (QED) is 0.613. The van der Waals surface area contributed by atoms with Crippen LogP contribution >= 0.6 is 0 Å². The first-order chi connectivity index (χ1) is 14.6. The van der Waals surface area contributed by atoms with Crippen LogP contribution in [0.2, 0.25) is 0 Å². The van der Waals surface area contributed by atoms with Crippen LogP contribution in [0.4, 0.5) is 5.69 Å². The van der Waals surface area contributed by atoms with E-state index in [0.29, 0.717) is 0 Å². The Morgan fingerprint density at radius 2 is 1.42 bits per heavy atom. The molecule has 0 atom stereocenters. The lowest BCUT2D eigenvalue weighted by molar-refractivity contribution is -0.144. The highest BCUT2D eigenvalue weighted by Gasteiger charge is 2.23. The average molecular weight is 448 g/mol. The summed E-state index contributed by atoms with van der Waals surface area (Å²) in [6, 6.07) is 10.4. The molecule has 1 N–H and O–H groups in total. The summed E-state index contributed by atoms with van der Waals surface area (Å²) in [7, 11) is -1.48. The Labute approximate surface area is 181 Å². The first-order valence-corrected chi connectivity index (χ1v) is 10.7. The number of carbonyl (C=O) groups is 3. The van der Waals surface area contributed by atoms with Gasteiger partial charge in [-0.1, -0.05) is 6.07 Å². The number of hydrogen-bond donors (Lipinski definition) is 1. The fraction of sp³-hybridized carbons (Fsp3) is 0.286. The van der Waals surface area contributed by atoms with E-state index in [4.69, 9.17) is 0 Å². The molecule has 0 fully saturated rings. The second kappa shape index (κ2) is 10.1. The summed E-state index contributed by atoms with van der Waals surface area (Å²) < 4.78 is 36.8. The Hall–Kier alpha value is -3.40. The van der Waals surface area contributed by atoms with E-state index < -0.39 is 41.0 Å². The molecule has 10 heteroatoms. The van der Waals surface area contributed by atoms with Crippen LogP contribution in [0.5, 0.6) is 0 Å². The molecule has 0 aromatic heterocycles. The van der Waals surface area contributed by atoms with Gasteiger partial charge in [0.25, 0.3) is 15.9 Å². The summed E-state index contributed by atoms with van der Waals surface area (Å²) >= 11 is 0.